The Morgan fingerprint density at radius 3 is 3.12 bits per heavy atom. The summed E-state index contributed by atoms with van der Waals surface area (Å²) in [5.74, 6) is 0.558. The molecule has 1 N–H and O–H groups in total. The van der Waals surface area contributed by atoms with Crippen LogP contribution >= 0.6 is 11.3 Å². The first kappa shape index (κ1) is 10.9. The van der Waals surface area contributed by atoms with Crippen molar-refractivity contribution < 1.29 is 4.39 Å². The maximum Gasteiger partial charge on any atom is 0.147 e. The van der Waals surface area contributed by atoms with E-state index in [1.54, 1.807) is 11.3 Å². The van der Waals surface area contributed by atoms with Gasteiger partial charge in [-0.2, -0.15) is 11.3 Å². The first-order valence-electron chi connectivity index (χ1n) is 5.69. The Bertz CT molecular complexity index is 544. The van der Waals surface area contributed by atoms with Crippen LogP contribution in [0.1, 0.15) is 17.1 Å². The van der Waals surface area contributed by atoms with E-state index in [1.807, 2.05) is 4.57 Å². The smallest absolute Gasteiger partial charge is 0.147 e. The van der Waals surface area contributed by atoms with Crippen molar-refractivity contribution in [3.05, 3.63) is 27.8 Å². The van der Waals surface area contributed by atoms with Gasteiger partial charge in [-0.05, 0) is 17.9 Å². The summed E-state index contributed by atoms with van der Waals surface area (Å²) in [5, 5.41) is 7.52. The normalized spacial score (nSPS) is 14.9. The van der Waals surface area contributed by atoms with E-state index in [0.717, 1.165) is 36.6 Å². The molecule has 5 heteroatoms. The van der Waals surface area contributed by atoms with Crippen LogP contribution in [0.15, 0.2) is 10.8 Å². The Morgan fingerprint density at radius 2 is 2.41 bits per heavy atom. The summed E-state index contributed by atoms with van der Waals surface area (Å²) >= 11 is 1.67. The Labute approximate surface area is 103 Å². The molecule has 2 aromatic heterocycles. The predicted octanol–water partition coefficient (Wildman–Crippen LogP) is 2.49. The van der Waals surface area contributed by atoms with Gasteiger partial charge in [-0.15, -0.1) is 0 Å². The molecule has 0 bridgehead atoms. The number of thiophene rings is 1. The zero-order valence-electron chi connectivity index (χ0n) is 9.66. The molecular weight excluding hydrogens is 237 g/mol. The molecule has 0 radical (unpaired) electrons. The molecular formula is C12H14FN3S. The lowest BCUT2D eigenvalue weighted by molar-refractivity contribution is 0.425. The van der Waals surface area contributed by atoms with Crippen molar-refractivity contribution in [2.24, 2.45) is 0 Å². The van der Waals surface area contributed by atoms with Crippen LogP contribution in [-0.2, 0) is 19.8 Å². The zero-order valence-corrected chi connectivity index (χ0v) is 10.5. The third-order valence-electron chi connectivity index (χ3n) is 3.19. The van der Waals surface area contributed by atoms with Gasteiger partial charge in [0, 0.05) is 30.6 Å². The van der Waals surface area contributed by atoms with E-state index in [9.17, 15) is 4.39 Å². The molecule has 1 aliphatic rings. The molecule has 0 fully saturated rings. The summed E-state index contributed by atoms with van der Waals surface area (Å²) in [5.41, 5.74) is 4.42. The second-order valence-corrected chi connectivity index (χ2v) is 5.00. The first-order valence-corrected chi connectivity index (χ1v) is 6.63. The summed E-state index contributed by atoms with van der Waals surface area (Å²) in [4.78, 5) is 4.47. The predicted molar refractivity (Wildman–Crippen MR) is 66.8 cm³/mol. The highest BCUT2D eigenvalue weighted by Gasteiger charge is 2.21. The summed E-state index contributed by atoms with van der Waals surface area (Å²) < 4.78 is 15.0. The van der Waals surface area contributed by atoms with Crippen LogP contribution in [0, 0.1) is 6.92 Å². The molecule has 0 saturated carbocycles. The van der Waals surface area contributed by atoms with Gasteiger partial charge in [0.05, 0.1) is 11.4 Å². The standard InChI is InChI=1S/C12H14FN3S/c1-8-6-17-7-9(8)12-10-5-14-2-3-16(10)11(4-13)15-12/h6-7,14H,2-5H2,1H3. The first-order chi connectivity index (χ1) is 8.31. The van der Waals surface area contributed by atoms with Crippen LogP contribution in [0.5, 0.6) is 0 Å². The summed E-state index contributed by atoms with van der Waals surface area (Å²) in [6.45, 7) is 4.06. The zero-order chi connectivity index (χ0) is 11.8. The van der Waals surface area contributed by atoms with Crippen molar-refractivity contribution in [1.29, 1.82) is 0 Å². The second kappa shape index (κ2) is 4.23. The fourth-order valence-corrected chi connectivity index (χ4v) is 3.13. The third-order valence-corrected chi connectivity index (χ3v) is 4.05. The molecule has 3 nitrogen and oxygen atoms in total. The highest BCUT2D eigenvalue weighted by molar-refractivity contribution is 7.08. The van der Waals surface area contributed by atoms with Crippen molar-refractivity contribution in [3.63, 3.8) is 0 Å². The lowest BCUT2D eigenvalue weighted by atomic mass is 10.1. The molecule has 2 aromatic rings. The average Bonchev–Trinajstić information content (AvgIpc) is 2.92. The minimum absolute atomic E-state index is 0.490. The minimum atomic E-state index is -0.490. The molecule has 0 saturated heterocycles. The second-order valence-electron chi connectivity index (χ2n) is 4.25. The van der Waals surface area contributed by atoms with E-state index in [0.29, 0.717) is 5.82 Å². The van der Waals surface area contributed by atoms with Gasteiger partial charge in [0.15, 0.2) is 0 Å². The van der Waals surface area contributed by atoms with Gasteiger partial charge in [-0.1, -0.05) is 0 Å². The number of fused-ring (bicyclic) bond motifs is 1. The lowest BCUT2D eigenvalue weighted by Gasteiger charge is -2.18. The van der Waals surface area contributed by atoms with E-state index < -0.39 is 6.67 Å². The van der Waals surface area contributed by atoms with Crippen LogP contribution in [0.3, 0.4) is 0 Å². The molecule has 0 atom stereocenters. The maximum atomic E-state index is 13.0. The molecule has 1 aliphatic heterocycles. The van der Waals surface area contributed by atoms with Crippen molar-refractivity contribution >= 4 is 11.3 Å². The number of rotatable bonds is 2. The maximum absolute atomic E-state index is 13.0. The molecule has 0 aromatic carbocycles. The van der Waals surface area contributed by atoms with E-state index >= 15 is 0 Å². The van der Waals surface area contributed by atoms with Crippen molar-refractivity contribution in [1.82, 2.24) is 14.9 Å². The monoisotopic (exact) mass is 251 g/mol. The third kappa shape index (κ3) is 1.70. The number of aryl methyl sites for hydroxylation is 1. The fraction of sp³-hybridized carbons (Fsp3) is 0.417. The van der Waals surface area contributed by atoms with Crippen LogP contribution in [-0.4, -0.2) is 16.1 Å². The Balaban J connectivity index is 2.17. The Morgan fingerprint density at radius 1 is 1.53 bits per heavy atom. The van der Waals surface area contributed by atoms with E-state index in [1.165, 1.54) is 5.56 Å². The molecule has 0 aliphatic carbocycles. The SMILES string of the molecule is Cc1cscc1-c1nc(CF)n2c1CNCC2. The van der Waals surface area contributed by atoms with Crippen LogP contribution in [0.4, 0.5) is 4.39 Å². The number of nitrogens with zero attached hydrogens (tertiary/aromatic N) is 2. The summed E-state index contributed by atoms with van der Waals surface area (Å²) in [7, 11) is 0. The van der Waals surface area contributed by atoms with Gasteiger partial charge in [-0.3, -0.25) is 0 Å². The van der Waals surface area contributed by atoms with E-state index in [-0.39, 0.29) is 0 Å². The number of nitrogens with one attached hydrogen (secondary N) is 1. The van der Waals surface area contributed by atoms with E-state index in [2.05, 4.69) is 28.0 Å². The van der Waals surface area contributed by atoms with Gasteiger partial charge in [0.1, 0.15) is 12.5 Å². The van der Waals surface area contributed by atoms with Gasteiger partial charge in [0.2, 0.25) is 0 Å². The van der Waals surface area contributed by atoms with Crippen molar-refractivity contribution in [2.45, 2.75) is 26.7 Å². The average molecular weight is 251 g/mol. The van der Waals surface area contributed by atoms with Crippen molar-refractivity contribution in [3.8, 4) is 11.3 Å². The summed E-state index contributed by atoms with van der Waals surface area (Å²) in [6, 6.07) is 0. The largest absolute Gasteiger partial charge is 0.327 e. The number of hydrogen-bond donors (Lipinski definition) is 1. The topological polar surface area (TPSA) is 29.9 Å². The Hall–Kier alpha value is -1.20. The number of hydrogen-bond acceptors (Lipinski definition) is 3. The molecule has 0 amide bonds. The molecule has 3 heterocycles. The molecule has 0 spiro atoms. The highest BCUT2D eigenvalue weighted by atomic mass is 32.1. The van der Waals surface area contributed by atoms with Crippen LogP contribution < -0.4 is 5.32 Å². The van der Waals surface area contributed by atoms with Gasteiger partial charge in [-0.25, -0.2) is 9.37 Å². The van der Waals surface area contributed by atoms with Crippen LogP contribution in [0.25, 0.3) is 11.3 Å². The number of aromatic nitrogens is 2. The van der Waals surface area contributed by atoms with E-state index in [4.69, 9.17) is 0 Å². The number of imidazole rings is 1. The lowest BCUT2D eigenvalue weighted by Crippen LogP contribution is -2.28. The highest BCUT2D eigenvalue weighted by Crippen LogP contribution is 2.30. The molecule has 0 unspecified atom stereocenters. The van der Waals surface area contributed by atoms with Crippen molar-refractivity contribution in [2.75, 3.05) is 6.54 Å². The minimum Gasteiger partial charge on any atom is -0.327 e. The Kier molecular flexibility index (Phi) is 2.72. The van der Waals surface area contributed by atoms with Gasteiger partial charge < -0.3 is 9.88 Å². The number of alkyl halides is 1. The van der Waals surface area contributed by atoms with Gasteiger partial charge in [0.25, 0.3) is 0 Å². The van der Waals surface area contributed by atoms with Crippen LogP contribution in [0.2, 0.25) is 0 Å². The molecule has 90 valence electrons. The number of halogens is 1. The molecule has 17 heavy (non-hydrogen) atoms. The quantitative estimate of drug-likeness (QED) is 0.888. The summed E-state index contributed by atoms with van der Waals surface area (Å²) in [6.07, 6.45) is 0. The fourth-order valence-electron chi connectivity index (χ4n) is 2.30. The van der Waals surface area contributed by atoms with Gasteiger partial charge >= 0.3 is 0 Å². The molecule has 3 rings (SSSR count).